The van der Waals surface area contributed by atoms with E-state index in [9.17, 15) is 4.39 Å². The monoisotopic (exact) mass is 281 g/mol. The molecule has 0 bridgehead atoms. The highest BCUT2D eigenvalue weighted by molar-refractivity contribution is 6.29. The lowest BCUT2D eigenvalue weighted by atomic mass is 10.0. The van der Waals surface area contributed by atoms with Crippen molar-refractivity contribution < 1.29 is 9.13 Å². The van der Waals surface area contributed by atoms with Crippen LogP contribution >= 0.6 is 11.6 Å². The average Bonchev–Trinajstić information content (AvgIpc) is 2.92. The van der Waals surface area contributed by atoms with Crippen molar-refractivity contribution in [2.45, 2.75) is 25.4 Å². The lowest BCUT2D eigenvalue weighted by Crippen LogP contribution is -2.12. The van der Waals surface area contributed by atoms with Gasteiger partial charge in [-0.2, -0.15) is 5.10 Å². The number of H-pyrrole nitrogens is 1. The van der Waals surface area contributed by atoms with E-state index in [0.29, 0.717) is 5.56 Å². The first kappa shape index (κ1) is 12.6. The number of rotatable bonds is 2. The van der Waals surface area contributed by atoms with Crippen LogP contribution in [-0.2, 0) is 4.74 Å². The van der Waals surface area contributed by atoms with Crippen LogP contribution in [0.5, 0.6) is 0 Å². The summed E-state index contributed by atoms with van der Waals surface area (Å²) < 4.78 is 19.2. The molecule has 1 aliphatic rings. The predicted molar refractivity (Wildman–Crippen MR) is 69.3 cm³/mol. The van der Waals surface area contributed by atoms with Crippen molar-refractivity contribution in [3.63, 3.8) is 0 Å². The Morgan fingerprint density at radius 1 is 1.37 bits per heavy atom. The first-order valence-corrected chi connectivity index (χ1v) is 6.60. The van der Waals surface area contributed by atoms with Crippen LogP contribution in [0.2, 0.25) is 5.15 Å². The van der Waals surface area contributed by atoms with Crippen molar-refractivity contribution >= 4 is 11.6 Å². The standard InChI is InChI=1S/C13H13ClFN3O/c14-13-10(15)5-8(6-16-13)9-7-17-18-12(9)11-3-1-2-4-19-11/h5-7,11H,1-4H2,(H,17,18). The number of hydrogen-bond donors (Lipinski definition) is 1. The third kappa shape index (κ3) is 2.48. The van der Waals surface area contributed by atoms with E-state index in [-0.39, 0.29) is 11.3 Å². The van der Waals surface area contributed by atoms with Crippen LogP contribution < -0.4 is 0 Å². The van der Waals surface area contributed by atoms with E-state index in [0.717, 1.165) is 37.1 Å². The van der Waals surface area contributed by atoms with Gasteiger partial charge in [0.15, 0.2) is 11.0 Å². The minimum Gasteiger partial charge on any atom is -0.372 e. The van der Waals surface area contributed by atoms with Crippen molar-refractivity contribution in [3.05, 3.63) is 35.1 Å². The van der Waals surface area contributed by atoms with Crippen molar-refractivity contribution in [1.82, 2.24) is 15.2 Å². The van der Waals surface area contributed by atoms with Crippen LogP contribution in [0, 0.1) is 5.82 Å². The topological polar surface area (TPSA) is 50.8 Å². The lowest BCUT2D eigenvalue weighted by molar-refractivity contribution is 0.0126. The van der Waals surface area contributed by atoms with E-state index in [1.165, 1.54) is 6.07 Å². The van der Waals surface area contributed by atoms with Crippen LogP contribution in [-0.4, -0.2) is 21.8 Å². The number of nitrogens with zero attached hydrogens (tertiary/aromatic N) is 2. The average molecular weight is 282 g/mol. The SMILES string of the molecule is Fc1cc(-c2cn[nH]c2C2CCCCO2)cnc1Cl. The van der Waals surface area contributed by atoms with Crippen molar-refractivity contribution in [2.75, 3.05) is 6.61 Å². The van der Waals surface area contributed by atoms with Gasteiger partial charge in [-0.1, -0.05) is 11.6 Å². The summed E-state index contributed by atoms with van der Waals surface area (Å²) in [5.74, 6) is -0.532. The summed E-state index contributed by atoms with van der Waals surface area (Å²) >= 11 is 5.60. The van der Waals surface area contributed by atoms with Crippen LogP contribution in [0.4, 0.5) is 4.39 Å². The largest absolute Gasteiger partial charge is 0.372 e. The molecule has 6 heteroatoms. The van der Waals surface area contributed by atoms with Gasteiger partial charge in [-0.05, 0) is 25.3 Å². The van der Waals surface area contributed by atoms with Crippen molar-refractivity contribution in [1.29, 1.82) is 0 Å². The summed E-state index contributed by atoms with van der Waals surface area (Å²) in [4.78, 5) is 3.83. The Hall–Kier alpha value is -1.46. The van der Waals surface area contributed by atoms with Crippen LogP contribution in [0.25, 0.3) is 11.1 Å². The molecule has 4 nitrogen and oxygen atoms in total. The molecule has 0 amide bonds. The third-order valence-corrected chi connectivity index (χ3v) is 3.56. The third-order valence-electron chi connectivity index (χ3n) is 3.28. The van der Waals surface area contributed by atoms with Crippen molar-refractivity contribution in [3.8, 4) is 11.1 Å². The molecule has 3 heterocycles. The highest BCUT2D eigenvalue weighted by Crippen LogP contribution is 2.33. The Kier molecular flexibility index (Phi) is 3.48. The summed E-state index contributed by atoms with van der Waals surface area (Å²) in [6, 6.07) is 1.37. The fourth-order valence-electron chi connectivity index (χ4n) is 2.31. The van der Waals surface area contributed by atoms with Gasteiger partial charge in [-0.15, -0.1) is 0 Å². The number of ether oxygens (including phenoxy) is 1. The maximum absolute atomic E-state index is 13.5. The highest BCUT2D eigenvalue weighted by Gasteiger charge is 2.22. The molecule has 19 heavy (non-hydrogen) atoms. The molecule has 1 fully saturated rings. The zero-order chi connectivity index (χ0) is 13.2. The quantitative estimate of drug-likeness (QED) is 0.857. The Labute approximate surface area is 115 Å². The maximum atomic E-state index is 13.5. The smallest absolute Gasteiger partial charge is 0.164 e. The van der Waals surface area contributed by atoms with E-state index >= 15 is 0 Å². The van der Waals surface area contributed by atoms with Gasteiger partial charge in [0, 0.05) is 23.9 Å². The van der Waals surface area contributed by atoms with Gasteiger partial charge >= 0.3 is 0 Å². The number of pyridine rings is 1. The van der Waals surface area contributed by atoms with Crippen LogP contribution in [0.3, 0.4) is 0 Å². The number of hydrogen-bond acceptors (Lipinski definition) is 3. The number of aromatic amines is 1. The zero-order valence-corrected chi connectivity index (χ0v) is 11.0. The van der Waals surface area contributed by atoms with Crippen molar-refractivity contribution in [2.24, 2.45) is 0 Å². The Morgan fingerprint density at radius 2 is 2.26 bits per heavy atom. The summed E-state index contributed by atoms with van der Waals surface area (Å²) in [5, 5.41) is 6.86. The molecule has 2 aromatic heterocycles. The number of halogens is 2. The molecule has 1 unspecified atom stereocenters. The summed E-state index contributed by atoms with van der Waals surface area (Å²) in [7, 11) is 0. The molecule has 3 rings (SSSR count). The lowest BCUT2D eigenvalue weighted by Gasteiger charge is -2.22. The molecule has 0 saturated carbocycles. The maximum Gasteiger partial charge on any atom is 0.164 e. The van der Waals surface area contributed by atoms with Gasteiger partial charge in [-0.3, -0.25) is 5.10 Å². The molecule has 1 N–H and O–H groups in total. The molecule has 0 spiro atoms. The number of nitrogens with one attached hydrogen (secondary N) is 1. The molecule has 1 aliphatic heterocycles. The van der Waals surface area contributed by atoms with E-state index in [2.05, 4.69) is 15.2 Å². The normalized spacial score (nSPS) is 19.6. The van der Waals surface area contributed by atoms with E-state index in [1.807, 2.05) is 0 Å². The molecule has 2 aromatic rings. The Morgan fingerprint density at radius 3 is 3.00 bits per heavy atom. The van der Waals surface area contributed by atoms with Gasteiger partial charge in [-0.25, -0.2) is 9.37 Å². The minimum absolute atomic E-state index is 0.00927. The minimum atomic E-state index is -0.532. The van der Waals surface area contributed by atoms with Gasteiger partial charge in [0.05, 0.1) is 18.0 Å². The van der Waals surface area contributed by atoms with Crippen LogP contribution in [0.1, 0.15) is 31.1 Å². The fraction of sp³-hybridized carbons (Fsp3) is 0.385. The van der Waals surface area contributed by atoms with E-state index in [4.69, 9.17) is 16.3 Å². The van der Waals surface area contributed by atoms with Gasteiger partial charge in [0.1, 0.15) is 0 Å². The summed E-state index contributed by atoms with van der Waals surface area (Å²) in [6.07, 6.45) is 6.34. The zero-order valence-electron chi connectivity index (χ0n) is 10.2. The van der Waals surface area contributed by atoms with E-state index < -0.39 is 5.82 Å². The molecule has 1 saturated heterocycles. The fourth-order valence-corrected chi connectivity index (χ4v) is 2.41. The molecule has 100 valence electrons. The molecule has 0 aliphatic carbocycles. The van der Waals surface area contributed by atoms with Gasteiger partial charge in [0.2, 0.25) is 0 Å². The highest BCUT2D eigenvalue weighted by atomic mass is 35.5. The summed E-state index contributed by atoms with van der Waals surface area (Å²) in [6.45, 7) is 0.746. The molecule has 0 aromatic carbocycles. The van der Waals surface area contributed by atoms with Gasteiger partial charge < -0.3 is 4.74 Å². The molecular formula is C13H13ClFN3O. The second kappa shape index (κ2) is 5.27. The van der Waals surface area contributed by atoms with Crippen LogP contribution in [0.15, 0.2) is 18.5 Å². The van der Waals surface area contributed by atoms with Gasteiger partial charge in [0.25, 0.3) is 0 Å². The first-order chi connectivity index (χ1) is 9.25. The summed E-state index contributed by atoms with van der Waals surface area (Å²) in [5.41, 5.74) is 2.35. The molecule has 1 atom stereocenters. The number of aromatic nitrogens is 3. The second-order valence-electron chi connectivity index (χ2n) is 4.55. The molecular weight excluding hydrogens is 269 g/mol. The first-order valence-electron chi connectivity index (χ1n) is 6.22. The Balaban J connectivity index is 1.96. The van der Waals surface area contributed by atoms with E-state index in [1.54, 1.807) is 12.4 Å². The predicted octanol–water partition coefficient (Wildman–Crippen LogP) is 3.51. The molecule has 0 radical (unpaired) electrons. The Bertz CT molecular complexity index is 581. The second-order valence-corrected chi connectivity index (χ2v) is 4.91.